The highest BCUT2D eigenvalue weighted by Gasteiger charge is 2.09. The molecule has 3 rings (SSSR count). The van der Waals surface area contributed by atoms with E-state index >= 15 is 0 Å². The van der Waals surface area contributed by atoms with Crippen LogP contribution in [0.15, 0.2) is 50.7 Å². The molecule has 0 spiro atoms. The van der Waals surface area contributed by atoms with E-state index in [1.807, 2.05) is 0 Å². The number of aliphatic imine (C=N–C) groups is 1. The zero-order valence-corrected chi connectivity index (χ0v) is 14.0. The molecule has 1 aromatic heterocycles. The van der Waals surface area contributed by atoms with Crippen molar-refractivity contribution in [3.05, 3.63) is 62.4 Å². The molecule has 7 heteroatoms. The second-order valence-corrected chi connectivity index (χ2v) is 6.18. The number of aromatic hydroxyl groups is 2. The summed E-state index contributed by atoms with van der Waals surface area (Å²) in [6, 6.07) is 10.1. The lowest BCUT2D eigenvalue weighted by Gasteiger charge is -2.05. The van der Waals surface area contributed by atoms with Gasteiger partial charge in [0.15, 0.2) is 0 Å². The summed E-state index contributed by atoms with van der Waals surface area (Å²) in [5.74, 6) is -0.238. The maximum atomic E-state index is 11.9. The van der Waals surface area contributed by atoms with Crippen LogP contribution < -0.4 is 11.3 Å². The van der Waals surface area contributed by atoms with Gasteiger partial charge >= 0.3 is 0 Å². The molecule has 24 heavy (non-hydrogen) atoms. The predicted octanol–water partition coefficient (Wildman–Crippen LogP) is 2.90. The van der Waals surface area contributed by atoms with Gasteiger partial charge in [0.1, 0.15) is 5.75 Å². The van der Waals surface area contributed by atoms with Crippen molar-refractivity contribution >= 4 is 38.6 Å². The Morgan fingerprint density at radius 1 is 1.17 bits per heavy atom. The molecule has 6 nitrogen and oxygen atoms in total. The van der Waals surface area contributed by atoms with Crippen LogP contribution in [-0.4, -0.2) is 21.4 Å². The third-order valence-corrected chi connectivity index (χ3v) is 4.09. The minimum absolute atomic E-state index is 0.00367. The highest BCUT2D eigenvalue weighted by Crippen LogP contribution is 2.25. The molecule has 0 unspecified atom stereocenters. The standard InChI is InChI=1S/C17H14BrN3O3/c18-10-2-3-11-12(6-10)13(17(24)21-16(11)23)8-20-7-9-1-4-14(19)15(22)5-9/h1-6,8,22H,7,19H2,(H2,21,23,24). The van der Waals surface area contributed by atoms with Crippen molar-refractivity contribution in [2.45, 2.75) is 6.54 Å². The number of fused-ring (bicyclic) bond motifs is 1. The first-order valence-corrected chi connectivity index (χ1v) is 7.86. The van der Waals surface area contributed by atoms with Crippen molar-refractivity contribution in [3.8, 4) is 11.6 Å². The largest absolute Gasteiger partial charge is 0.506 e. The molecular weight excluding hydrogens is 374 g/mol. The van der Waals surface area contributed by atoms with E-state index in [0.717, 1.165) is 10.0 Å². The molecule has 0 saturated heterocycles. The molecular formula is C17H14BrN3O3. The molecule has 122 valence electrons. The van der Waals surface area contributed by atoms with E-state index < -0.39 is 0 Å². The van der Waals surface area contributed by atoms with Crippen molar-refractivity contribution in [2.24, 2.45) is 4.99 Å². The fourth-order valence-electron chi connectivity index (χ4n) is 2.37. The van der Waals surface area contributed by atoms with Crippen LogP contribution in [0.5, 0.6) is 11.6 Å². The Labute approximate surface area is 145 Å². The third kappa shape index (κ3) is 3.11. The first-order chi connectivity index (χ1) is 11.5. The normalized spacial score (nSPS) is 11.4. The van der Waals surface area contributed by atoms with Crippen molar-refractivity contribution < 1.29 is 10.2 Å². The molecule has 0 aliphatic carbocycles. The van der Waals surface area contributed by atoms with E-state index in [-0.39, 0.29) is 17.2 Å². The van der Waals surface area contributed by atoms with Gasteiger partial charge in [-0.2, -0.15) is 0 Å². The molecule has 0 saturated carbocycles. The van der Waals surface area contributed by atoms with E-state index in [1.165, 1.54) is 12.3 Å². The second-order valence-electron chi connectivity index (χ2n) is 5.27. The number of rotatable bonds is 3. The highest BCUT2D eigenvalue weighted by atomic mass is 79.9. The molecule has 1 heterocycles. The number of aromatic nitrogens is 1. The summed E-state index contributed by atoms with van der Waals surface area (Å²) in [6.07, 6.45) is 1.49. The number of nitrogens with one attached hydrogen (secondary N) is 1. The monoisotopic (exact) mass is 387 g/mol. The molecule has 0 amide bonds. The topological polar surface area (TPSA) is 112 Å². The van der Waals surface area contributed by atoms with Gasteiger partial charge in [-0.25, -0.2) is 0 Å². The molecule has 0 bridgehead atoms. The molecule has 0 atom stereocenters. The van der Waals surface area contributed by atoms with Gasteiger partial charge in [-0.3, -0.25) is 14.8 Å². The van der Waals surface area contributed by atoms with Crippen LogP contribution in [0.1, 0.15) is 11.1 Å². The van der Waals surface area contributed by atoms with Crippen LogP contribution in [-0.2, 0) is 6.54 Å². The Bertz CT molecular complexity index is 1010. The van der Waals surface area contributed by atoms with Crippen molar-refractivity contribution in [2.75, 3.05) is 5.73 Å². The Balaban J connectivity index is 1.98. The van der Waals surface area contributed by atoms with Crippen LogP contribution >= 0.6 is 15.9 Å². The molecule has 0 radical (unpaired) electrons. The lowest BCUT2D eigenvalue weighted by molar-refractivity contribution is 0.452. The molecule has 2 aromatic carbocycles. The van der Waals surface area contributed by atoms with Gasteiger partial charge in [-0.1, -0.05) is 22.0 Å². The summed E-state index contributed by atoms with van der Waals surface area (Å²) in [5, 5.41) is 20.7. The average molecular weight is 388 g/mol. The summed E-state index contributed by atoms with van der Waals surface area (Å²) in [5.41, 5.74) is 6.69. The number of phenols is 1. The first kappa shape index (κ1) is 16.1. The number of hydrogen-bond acceptors (Lipinski definition) is 5. The van der Waals surface area contributed by atoms with E-state index in [1.54, 1.807) is 30.3 Å². The second kappa shape index (κ2) is 6.37. The zero-order valence-electron chi connectivity index (χ0n) is 12.5. The molecule has 3 aromatic rings. The summed E-state index contributed by atoms with van der Waals surface area (Å²) in [7, 11) is 0. The molecule has 0 aliphatic heterocycles. The molecule has 0 fully saturated rings. The van der Waals surface area contributed by atoms with Crippen molar-refractivity contribution in [1.29, 1.82) is 0 Å². The third-order valence-electron chi connectivity index (χ3n) is 3.59. The van der Waals surface area contributed by atoms with E-state index in [0.29, 0.717) is 28.6 Å². The quantitative estimate of drug-likeness (QED) is 0.314. The zero-order chi connectivity index (χ0) is 17.3. The van der Waals surface area contributed by atoms with Crippen molar-refractivity contribution in [3.63, 3.8) is 0 Å². The fourth-order valence-corrected chi connectivity index (χ4v) is 2.73. The lowest BCUT2D eigenvalue weighted by Crippen LogP contribution is -2.08. The number of aromatic amines is 1. The van der Waals surface area contributed by atoms with Gasteiger partial charge in [-0.15, -0.1) is 0 Å². The summed E-state index contributed by atoms with van der Waals surface area (Å²) < 4.78 is 0.790. The lowest BCUT2D eigenvalue weighted by atomic mass is 10.1. The number of phenolic OH excluding ortho intramolecular Hbond substituents is 1. The Hall–Kier alpha value is -2.80. The van der Waals surface area contributed by atoms with Gasteiger partial charge in [0.05, 0.1) is 17.8 Å². The number of nitrogens with zero attached hydrogens (tertiary/aromatic N) is 1. The summed E-state index contributed by atoms with van der Waals surface area (Å²) in [4.78, 5) is 18.6. The number of hydrogen-bond donors (Lipinski definition) is 4. The van der Waals surface area contributed by atoms with Crippen LogP contribution in [0.3, 0.4) is 0 Å². The number of H-pyrrole nitrogens is 1. The minimum atomic E-state index is -0.365. The number of halogens is 1. The van der Waals surface area contributed by atoms with Crippen LogP contribution in [0.4, 0.5) is 5.69 Å². The molecule has 5 N–H and O–H groups in total. The van der Waals surface area contributed by atoms with Gasteiger partial charge in [0.25, 0.3) is 5.56 Å². The Morgan fingerprint density at radius 2 is 1.96 bits per heavy atom. The Morgan fingerprint density at radius 3 is 2.71 bits per heavy atom. The number of benzene rings is 2. The highest BCUT2D eigenvalue weighted by molar-refractivity contribution is 9.10. The van der Waals surface area contributed by atoms with Gasteiger partial charge < -0.3 is 15.9 Å². The van der Waals surface area contributed by atoms with Gasteiger partial charge in [0.2, 0.25) is 5.88 Å². The first-order valence-electron chi connectivity index (χ1n) is 7.07. The maximum absolute atomic E-state index is 11.9. The Kier molecular flexibility index (Phi) is 4.26. The van der Waals surface area contributed by atoms with Crippen LogP contribution in [0.25, 0.3) is 10.8 Å². The summed E-state index contributed by atoms with van der Waals surface area (Å²) in [6.45, 7) is 0.294. The van der Waals surface area contributed by atoms with E-state index in [2.05, 4.69) is 25.9 Å². The number of pyridine rings is 1. The van der Waals surface area contributed by atoms with Crippen molar-refractivity contribution in [1.82, 2.24) is 4.98 Å². The van der Waals surface area contributed by atoms with Gasteiger partial charge in [-0.05, 0) is 35.9 Å². The van der Waals surface area contributed by atoms with E-state index in [4.69, 9.17) is 5.73 Å². The van der Waals surface area contributed by atoms with Crippen LogP contribution in [0, 0.1) is 0 Å². The van der Waals surface area contributed by atoms with Gasteiger partial charge in [0, 0.05) is 21.5 Å². The SMILES string of the molecule is Nc1ccc(CN=Cc2c(O)[nH]c(=O)c3ccc(Br)cc23)cc1O. The number of nitrogens with two attached hydrogens (primary N) is 1. The maximum Gasteiger partial charge on any atom is 0.258 e. The average Bonchev–Trinajstić information content (AvgIpc) is 2.53. The van der Waals surface area contributed by atoms with E-state index in [9.17, 15) is 15.0 Å². The predicted molar refractivity (Wildman–Crippen MR) is 97.8 cm³/mol. The fraction of sp³-hybridized carbons (Fsp3) is 0.0588. The smallest absolute Gasteiger partial charge is 0.258 e. The van der Waals surface area contributed by atoms with Crippen LogP contribution in [0.2, 0.25) is 0 Å². The number of anilines is 1. The minimum Gasteiger partial charge on any atom is -0.506 e. The summed E-state index contributed by atoms with van der Waals surface area (Å²) >= 11 is 3.36. The number of nitrogen functional groups attached to an aromatic ring is 1. The molecule has 0 aliphatic rings.